The lowest BCUT2D eigenvalue weighted by Gasteiger charge is -2.24. The Hall–Kier alpha value is -3.69. The number of hydrogen-bond acceptors (Lipinski definition) is 5. The number of alkyl halides is 3. The first-order chi connectivity index (χ1) is 15.2. The summed E-state index contributed by atoms with van der Waals surface area (Å²) in [6.07, 6.45) is -2.97. The summed E-state index contributed by atoms with van der Waals surface area (Å²) in [5.74, 6) is -0.0671. The van der Waals surface area contributed by atoms with Gasteiger partial charge in [0, 0.05) is 12.2 Å². The zero-order valence-corrected chi connectivity index (χ0v) is 17.5. The molecule has 2 heterocycles. The average molecular weight is 445 g/mol. The molecule has 0 spiro atoms. The lowest BCUT2D eigenvalue weighted by Crippen LogP contribution is -2.20. The second-order valence-electron chi connectivity index (χ2n) is 7.06. The highest BCUT2D eigenvalue weighted by Gasteiger charge is 2.31. The molecule has 0 amide bonds. The van der Waals surface area contributed by atoms with E-state index in [-0.39, 0.29) is 23.0 Å². The van der Waals surface area contributed by atoms with Crippen molar-refractivity contribution in [3.05, 3.63) is 59.5 Å². The van der Waals surface area contributed by atoms with Gasteiger partial charge in [0.1, 0.15) is 28.3 Å². The number of H-pyrrole nitrogens is 1. The lowest BCUT2D eigenvalue weighted by molar-refractivity contribution is -0.137. The summed E-state index contributed by atoms with van der Waals surface area (Å²) in [7, 11) is 1.43. The van der Waals surface area contributed by atoms with Crippen molar-refractivity contribution in [2.45, 2.75) is 20.0 Å². The third kappa shape index (κ3) is 3.72. The number of benzene rings is 2. The van der Waals surface area contributed by atoms with Crippen LogP contribution in [0.25, 0.3) is 22.3 Å². The van der Waals surface area contributed by atoms with E-state index in [0.29, 0.717) is 28.8 Å². The molecule has 0 saturated heterocycles. The van der Waals surface area contributed by atoms with Crippen LogP contribution < -0.4 is 9.64 Å². The zero-order valence-electron chi connectivity index (χ0n) is 17.5. The summed E-state index contributed by atoms with van der Waals surface area (Å²) in [5, 5.41) is 6.78. The fourth-order valence-electron chi connectivity index (χ4n) is 3.59. The molecule has 4 rings (SSSR count). The van der Waals surface area contributed by atoms with E-state index in [1.165, 1.54) is 31.5 Å². The van der Waals surface area contributed by atoms with Crippen molar-refractivity contribution < 1.29 is 22.3 Å². The number of nitrogens with one attached hydrogen (secondary N) is 1. The second-order valence-corrected chi connectivity index (χ2v) is 7.06. The third-order valence-corrected chi connectivity index (χ3v) is 5.09. The third-order valence-electron chi connectivity index (χ3n) is 5.09. The minimum absolute atomic E-state index is 0.132. The van der Waals surface area contributed by atoms with Crippen molar-refractivity contribution in [1.29, 1.82) is 0 Å². The average Bonchev–Trinajstić information content (AvgIpc) is 3.23. The van der Waals surface area contributed by atoms with Crippen LogP contribution in [0.1, 0.15) is 18.1 Å². The molecular formula is C22H19F4N5O. The van der Waals surface area contributed by atoms with Crippen LogP contribution in [0.2, 0.25) is 0 Å². The van der Waals surface area contributed by atoms with Gasteiger partial charge in [0.05, 0.1) is 24.4 Å². The van der Waals surface area contributed by atoms with Gasteiger partial charge in [-0.3, -0.25) is 5.10 Å². The Balaban J connectivity index is 1.91. The summed E-state index contributed by atoms with van der Waals surface area (Å²) in [6, 6.07) is 7.90. The van der Waals surface area contributed by atoms with E-state index >= 15 is 0 Å². The summed E-state index contributed by atoms with van der Waals surface area (Å²) in [4.78, 5) is 10.7. The SMILES string of the molecule is CCN(c1nc(-c2c(F)cccc2OC)c2[nH]ncc2n1)c1ccc(C(F)(F)F)cc1C. The van der Waals surface area contributed by atoms with E-state index in [1.807, 2.05) is 6.92 Å². The molecule has 0 aliphatic carbocycles. The zero-order chi connectivity index (χ0) is 23.0. The normalized spacial score (nSPS) is 11.7. The minimum atomic E-state index is -4.44. The Morgan fingerprint density at radius 1 is 1.12 bits per heavy atom. The van der Waals surface area contributed by atoms with Gasteiger partial charge < -0.3 is 9.64 Å². The summed E-state index contributed by atoms with van der Waals surface area (Å²) in [5.41, 5.74) is 1.39. The maximum absolute atomic E-state index is 14.8. The van der Waals surface area contributed by atoms with Crippen molar-refractivity contribution in [1.82, 2.24) is 20.2 Å². The fraction of sp³-hybridized carbons (Fsp3) is 0.227. The number of nitrogens with zero attached hydrogens (tertiary/aromatic N) is 4. The monoisotopic (exact) mass is 445 g/mol. The van der Waals surface area contributed by atoms with Gasteiger partial charge in [0.15, 0.2) is 0 Å². The predicted molar refractivity (Wildman–Crippen MR) is 112 cm³/mol. The Labute approximate surface area is 180 Å². The van der Waals surface area contributed by atoms with Gasteiger partial charge in [-0.1, -0.05) is 6.07 Å². The molecule has 0 saturated carbocycles. The van der Waals surface area contributed by atoms with Gasteiger partial charge in [-0.05, 0) is 49.7 Å². The van der Waals surface area contributed by atoms with Crippen LogP contribution in [0.3, 0.4) is 0 Å². The van der Waals surface area contributed by atoms with Gasteiger partial charge >= 0.3 is 6.18 Å². The number of methoxy groups -OCH3 is 1. The van der Waals surface area contributed by atoms with Crippen LogP contribution in [0.15, 0.2) is 42.6 Å². The summed E-state index contributed by atoms with van der Waals surface area (Å²) < 4.78 is 59.4. The minimum Gasteiger partial charge on any atom is -0.496 e. The molecule has 0 aliphatic rings. The Kier molecular flexibility index (Phi) is 5.45. The fourth-order valence-corrected chi connectivity index (χ4v) is 3.59. The number of fused-ring (bicyclic) bond motifs is 1. The molecule has 0 fully saturated rings. The maximum Gasteiger partial charge on any atom is 0.416 e. The number of aromatic nitrogens is 4. The van der Waals surface area contributed by atoms with Crippen molar-refractivity contribution in [3.8, 4) is 17.0 Å². The van der Waals surface area contributed by atoms with E-state index < -0.39 is 17.6 Å². The Morgan fingerprint density at radius 2 is 1.91 bits per heavy atom. The highest BCUT2D eigenvalue weighted by molar-refractivity contribution is 5.92. The molecule has 0 unspecified atom stereocenters. The molecule has 0 bridgehead atoms. The van der Waals surface area contributed by atoms with E-state index in [0.717, 1.165) is 12.1 Å². The number of aryl methyl sites for hydroxylation is 1. The van der Waals surface area contributed by atoms with Gasteiger partial charge in [-0.2, -0.15) is 18.3 Å². The molecule has 10 heteroatoms. The first-order valence-corrected chi connectivity index (χ1v) is 9.74. The first-order valence-electron chi connectivity index (χ1n) is 9.74. The summed E-state index contributed by atoms with van der Waals surface area (Å²) >= 11 is 0. The smallest absolute Gasteiger partial charge is 0.416 e. The number of anilines is 2. The van der Waals surface area contributed by atoms with Gasteiger partial charge in [0.2, 0.25) is 5.95 Å². The number of aromatic amines is 1. The molecule has 0 atom stereocenters. The van der Waals surface area contributed by atoms with Crippen LogP contribution in [-0.4, -0.2) is 33.8 Å². The Morgan fingerprint density at radius 3 is 2.56 bits per heavy atom. The maximum atomic E-state index is 14.8. The van der Waals surface area contributed by atoms with E-state index in [1.54, 1.807) is 17.9 Å². The molecule has 4 aromatic rings. The molecule has 6 nitrogen and oxygen atoms in total. The van der Waals surface area contributed by atoms with Gasteiger partial charge in [0.25, 0.3) is 0 Å². The van der Waals surface area contributed by atoms with Crippen LogP contribution in [0.5, 0.6) is 5.75 Å². The number of halogens is 4. The highest BCUT2D eigenvalue weighted by Crippen LogP contribution is 2.38. The van der Waals surface area contributed by atoms with E-state index in [2.05, 4.69) is 20.2 Å². The molecule has 32 heavy (non-hydrogen) atoms. The molecular weight excluding hydrogens is 426 g/mol. The largest absolute Gasteiger partial charge is 0.496 e. The lowest BCUT2D eigenvalue weighted by atomic mass is 10.1. The highest BCUT2D eigenvalue weighted by atomic mass is 19.4. The predicted octanol–water partition coefficient (Wildman–Crippen LogP) is 5.65. The number of hydrogen-bond donors (Lipinski definition) is 1. The topological polar surface area (TPSA) is 66.9 Å². The molecule has 2 aromatic heterocycles. The van der Waals surface area contributed by atoms with E-state index in [4.69, 9.17) is 4.74 Å². The summed E-state index contributed by atoms with van der Waals surface area (Å²) in [6.45, 7) is 3.78. The quantitative estimate of drug-likeness (QED) is 0.402. The van der Waals surface area contributed by atoms with Crippen molar-refractivity contribution >= 4 is 22.7 Å². The molecule has 1 N–H and O–H groups in total. The first kappa shape index (κ1) is 21.5. The van der Waals surface area contributed by atoms with Gasteiger partial charge in [-0.25, -0.2) is 14.4 Å². The number of ether oxygens (including phenoxy) is 1. The standard InChI is InChI=1S/C22H19F4N5O/c1-4-31(16-9-8-13(10-12(16)2)22(24,25)26)21-28-15-11-27-30-19(15)20(29-21)18-14(23)6-5-7-17(18)32-3/h5-11H,4H2,1-3H3,(H,27,30). The molecule has 166 valence electrons. The van der Waals surface area contributed by atoms with Crippen molar-refractivity contribution in [3.63, 3.8) is 0 Å². The van der Waals surface area contributed by atoms with Crippen LogP contribution in [-0.2, 0) is 6.18 Å². The van der Waals surface area contributed by atoms with Crippen molar-refractivity contribution in [2.75, 3.05) is 18.6 Å². The molecule has 0 aliphatic heterocycles. The van der Waals surface area contributed by atoms with Gasteiger partial charge in [-0.15, -0.1) is 0 Å². The second kappa shape index (κ2) is 8.10. The van der Waals surface area contributed by atoms with Crippen LogP contribution >= 0.6 is 0 Å². The molecule has 0 radical (unpaired) electrons. The van der Waals surface area contributed by atoms with Crippen molar-refractivity contribution in [2.24, 2.45) is 0 Å². The number of rotatable bonds is 5. The Bertz CT molecular complexity index is 1290. The van der Waals surface area contributed by atoms with Crippen LogP contribution in [0, 0.1) is 12.7 Å². The molecule has 2 aromatic carbocycles. The van der Waals surface area contributed by atoms with Crippen LogP contribution in [0.4, 0.5) is 29.2 Å². The van der Waals surface area contributed by atoms with E-state index in [9.17, 15) is 17.6 Å².